The van der Waals surface area contributed by atoms with Crippen molar-refractivity contribution in [3.63, 3.8) is 0 Å². The van der Waals surface area contributed by atoms with Crippen molar-refractivity contribution in [1.82, 2.24) is 10.3 Å². The van der Waals surface area contributed by atoms with E-state index in [9.17, 15) is 31.6 Å². The predicted molar refractivity (Wildman–Crippen MR) is 118 cm³/mol. The summed E-state index contributed by atoms with van der Waals surface area (Å²) in [7, 11) is -4.16. The molecule has 180 valence electrons. The molecule has 0 radical (unpaired) electrons. The van der Waals surface area contributed by atoms with E-state index < -0.39 is 56.7 Å². The minimum atomic E-state index is -4.79. The van der Waals surface area contributed by atoms with E-state index in [1.165, 1.54) is 18.2 Å². The van der Waals surface area contributed by atoms with E-state index in [0.717, 1.165) is 23.2 Å². The minimum Gasteiger partial charge on any atom is -0.343 e. The summed E-state index contributed by atoms with van der Waals surface area (Å²) in [4.78, 5) is 17.7. The van der Waals surface area contributed by atoms with Crippen LogP contribution in [-0.4, -0.2) is 42.7 Å². The molecule has 0 bridgehead atoms. The number of hydrogen-bond acceptors (Lipinski definition) is 6. The van der Waals surface area contributed by atoms with E-state index in [4.69, 9.17) is 23.2 Å². The lowest BCUT2D eigenvalue weighted by atomic mass is 10.1. The van der Waals surface area contributed by atoms with Gasteiger partial charge < -0.3 is 10.2 Å². The SMILES string of the molecule is N#CC1(NC(=O)C2CC(S(=O)(=O)c3ccc(Cl)cc3Cl)CN2c2ncccc2C(F)(F)F)CC1. The number of benzene rings is 1. The van der Waals surface area contributed by atoms with Crippen LogP contribution >= 0.6 is 23.2 Å². The van der Waals surface area contributed by atoms with Gasteiger partial charge in [-0.1, -0.05) is 23.2 Å². The fourth-order valence-corrected chi connectivity index (χ4v) is 6.42. The molecule has 1 N–H and O–H groups in total. The number of carbonyl (C=O) groups is 1. The maximum atomic E-state index is 13.7. The molecule has 0 spiro atoms. The van der Waals surface area contributed by atoms with Gasteiger partial charge in [-0.3, -0.25) is 4.79 Å². The van der Waals surface area contributed by atoms with Crippen LogP contribution in [0.1, 0.15) is 24.8 Å². The smallest absolute Gasteiger partial charge is 0.343 e. The Morgan fingerprint density at radius 2 is 1.97 bits per heavy atom. The highest BCUT2D eigenvalue weighted by Crippen LogP contribution is 2.41. The number of anilines is 1. The number of nitrogens with one attached hydrogen (secondary N) is 1. The van der Waals surface area contributed by atoms with Crippen LogP contribution in [0.5, 0.6) is 0 Å². The molecule has 1 amide bonds. The molecular formula is C21H17Cl2F3N4O3S. The van der Waals surface area contributed by atoms with Crippen LogP contribution < -0.4 is 10.2 Å². The zero-order chi connectivity index (χ0) is 24.9. The van der Waals surface area contributed by atoms with Crippen molar-refractivity contribution in [1.29, 1.82) is 5.26 Å². The summed E-state index contributed by atoms with van der Waals surface area (Å²) in [5.41, 5.74) is -2.19. The molecule has 2 heterocycles. The van der Waals surface area contributed by atoms with Gasteiger partial charge in [-0.05, 0) is 49.6 Å². The van der Waals surface area contributed by atoms with Crippen LogP contribution in [-0.2, 0) is 20.8 Å². The molecule has 34 heavy (non-hydrogen) atoms. The summed E-state index contributed by atoms with van der Waals surface area (Å²) in [5, 5.41) is 10.7. The number of rotatable bonds is 5. The molecule has 1 aromatic carbocycles. The maximum absolute atomic E-state index is 13.7. The summed E-state index contributed by atoms with van der Waals surface area (Å²) in [6, 6.07) is 6.40. The molecule has 1 aromatic heterocycles. The average molecular weight is 533 g/mol. The Balaban J connectivity index is 1.75. The molecule has 4 rings (SSSR count). The van der Waals surface area contributed by atoms with Crippen LogP contribution in [0.25, 0.3) is 0 Å². The Morgan fingerprint density at radius 1 is 1.26 bits per heavy atom. The number of nitriles is 1. The van der Waals surface area contributed by atoms with Gasteiger partial charge in [0.05, 0.1) is 26.8 Å². The largest absolute Gasteiger partial charge is 0.419 e. The Kier molecular flexibility index (Phi) is 6.21. The second-order valence-electron chi connectivity index (χ2n) is 8.20. The standard InChI is InChI=1S/C21H17Cl2F3N4O3S/c22-12-3-4-17(15(23)8-12)34(32,33)13-9-16(19(31)29-20(11-27)5-6-20)30(10-13)18-14(21(24,25)26)2-1-7-28-18/h1-4,7-8,13,16H,5-6,9-10H2,(H,29,31). The van der Waals surface area contributed by atoms with Crippen LogP contribution in [0, 0.1) is 11.3 Å². The third kappa shape index (κ3) is 4.54. The normalized spacial score (nSPS) is 21.7. The van der Waals surface area contributed by atoms with Crippen LogP contribution in [0.3, 0.4) is 0 Å². The van der Waals surface area contributed by atoms with Crippen molar-refractivity contribution >= 4 is 44.8 Å². The molecule has 2 fully saturated rings. The first-order valence-corrected chi connectivity index (χ1v) is 12.4. The maximum Gasteiger partial charge on any atom is 0.419 e. The highest BCUT2D eigenvalue weighted by atomic mass is 35.5. The number of pyridine rings is 1. The van der Waals surface area contributed by atoms with Crippen molar-refractivity contribution < 1.29 is 26.4 Å². The average Bonchev–Trinajstić information content (AvgIpc) is 3.38. The lowest BCUT2D eigenvalue weighted by molar-refractivity contribution is -0.137. The zero-order valence-corrected chi connectivity index (χ0v) is 19.6. The van der Waals surface area contributed by atoms with E-state index >= 15 is 0 Å². The fraction of sp³-hybridized carbons (Fsp3) is 0.381. The van der Waals surface area contributed by atoms with Crippen LogP contribution in [0.4, 0.5) is 19.0 Å². The van der Waals surface area contributed by atoms with Gasteiger partial charge in [-0.2, -0.15) is 18.4 Å². The third-order valence-corrected chi connectivity index (χ3v) is 8.74. The summed E-state index contributed by atoms with van der Waals surface area (Å²) in [5.74, 6) is -1.30. The van der Waals surface area contributed by atoms with Crippen molar-refractivity contribution in [3.05, 3.63) is 52.1 Å². The number of halogens is 5. The number of hydrogen-bond donors (Lipinski definition) is 1. The Hall–Kier alpha value is -2.55. The summed E-state index contributed by atoms with van der Waals surface area (Å²) >= 11 is 11.9. The van der Waals surface area contributed by atoms with Gasteiger partial charge in [0.2, 0.25) is 5.91 Å². The van der Waals surface area contributed by atoms with E-state index in [2.05, 4.69) is 10.3 Å². The molecule has 13 heteroatoms. The zero-order valence-electron chi connectivity index (χ0n) is 17.3. The second kappa shape index (κ2) is 8.59. The van der Waals surface area contributed by atoms with Gasteiger partial charge in [0, 0.05) is 17.8 Å². The monoisotopic (exact) mass is 532 g/mol. The number of nitrogens with zero attached hydrogens (tertiary/aromatic N) is 3. The molecule has 1 aliphatic heterocycles. The number of aromatic nitrogens is 1. The molecule has 2 aromatic rings. The van der Waals surface area contributed by atoms with Crippen LogP contribution in [0.2, 0.25) is 10.0 Å². The highest BCUT2D eigenvalue weighted by molar-refractivity contribution is 7.92. The second-order valence-corrected chi connectivity index (χ2v) is 11.2. The fourth-order valence-electron chi connectivity index (χ4n) is 3.95. The van der Waals surface area contributed by atoms with E-state index in [1.54, 1.807) is 0 Å². The van der Waals surface area contributed by atoms with Crippen molar-refractivity contribution in [2.45, 2.75) is 47.2 Å². The van der Waals surface area contributed by atoms with Crippen molar-refractivity contribution in [3.8, 4) is 6.07 Å². The predicted octanol–water partition coefficient (Wildman–Crippen LogP) is 4.00. The molecular weight excluding hydrogens is 516 g/mol. The topological polar surface area (TPSA) is 103 Å². The summed E-state index contributed by atoms with van der Waals surface area (Å²) in [6.45, 7) is -0.432. The van der Waals surface area contributed by atoms with Gasteiger partial charge in [-0.25, -0.2) is 13.4 Å². The minimum absolute atomic E-state index is 0.137. The molecule has 1 saturated heterocycles. The number of sulfone groups is 1. The first-order chi connectivity index (χ1) is 15.9. The van der Waals surface area contributed by atoms with Gasteiger partial charge >= 0.3 is 6.18 Å². The Labute approximate surface area is 203 Å². The molecule has 2 aliphatic rings. The van der Waals surface area contributed by atoms with Crippen molar-refractivity contribution in [2.24, 2.45) is 0 Å². The molecule has 2 unspecified atom stereocenters. The van der Waals surface area contributed by atoms with E-state index in [0.29, 0.717) is 12.8 Å². The molecule has 1 saturated carbocycles. The molecule has 2 atom stereocenters. The van der Waals surface area contributed by atoms with Gasteiger partial charge in [0.15, 0.2) is 9.84 Å². The molecule has 1 aliphatic carbocycles. The molecule has 7 nitrogen and oxygen atoms in total. The lowest BCUT2D eigenvalue weighted by Crippen LogP contribution is -2.48. The number of alkyl halides is 3. The number of amides is 1. The van der Waals surface area contributed by atoms with Gasteiger partial charge in [0.1, 0.15) is 17.4 Å². The van der Waals surface area contributed by atoms with E-state index in [-0.39, 0.29) is 21.4 Å². The first-order valence-electron chi connectivity index (χ1n) is 10.1. The van der Waals surface area contributed by atoms with Gasteiger partial charge in [0.25, 0.3) is 0 Å². The van der Waals surface area contributed by atoms with Crippen LogP contribution in [0.15, 0.2) is 41.4 Å². The summed E-state index contributed by atoms with van der Waals surface area (Å²) in [6.07, 6.45) is -3.16. The Bertz CT molecular complexity index is 1290. The summed E-state index contributed by atoms with van der Waals surface area (Å²) < 4.78 is 67.8. The van der Waals surface area contributed by atoms with E-state index in [1.807, 2.05) is 6.07 Å². The quantitative estimate of drug-likeness (QED) is 0.624. The number of carbonyl (C=O) groups excluding carboxylic acids is 1. The lowest BCUT2D eigenvalue weighted by Gasteiger charge is -2.27. The van der Waals surface area contributed by atoms with Crippen molar-refractivity contribution in [2.75, 3.05) is 11.4 Å². The van der Waals surface area contributed by atoms with Gasteiger partial charge in [-0.15, -0.1) is 0 Å². The first kappa shape index (κ1) is 24.6. The highest BCUT2D eigenvalue weighted by Gasteiger charge is 2.51. The Morgan fingerprint density at radius 3 is 2.56 bits per heavy atom. The third-order valence-electron chi connectivity index (χ3n) is 5.90.